The molecule has 1 aromatic rings. The normalized spacial score (nSPS) is 13.9. The smallest absolute Gasteiger partial charge is 0.330 e. The van der Waals surface area contributed by atoms with Gasteiger partial charge in [0.1, 0.15) is 6.17 Å². The molecule has 1 atom stereocenters. The van der Waals surface area contributed by atoms with Crippen LogP contribution in [0.1, 0.15) is 23.7 Å². The lowest BCUT2D eigenvalue weighted by Crippen LogP contribution is -2.08. The van der Waals surface area contributed by atoms with Gasteiger partial charge in [-0.1, -0.05) is 11.6 Å². The largest absolute Gasteiger partial charge is 0.416 e. The van der Waals surface area contributed by atoms with Gasteiger partial charge in [-0.05, 0) is 31.2 Å². The highest BCUT2D eigenvalue weighted by Gasteiger charge is 2.31. The van der Waals surface area contributed by atoms with Gasteiger partial charge in [0, 0.05) is 10.6 Å². The van der Waals surface area contributed by atoms with Crippen LogP contribution in [0.3, 0.4) is 0 Å². The van der Waals surface area contributed by atoms with Crippen molar-refractivity contribution in [1.82, 2.24) is 0 Å². The van der Waals surface area contributed by atoms with E-state index in [1.54, 1.807) is 0 Å². The SMILES string of the molecule is NCCC(F)c1cc(C(F)(F)F)ccc1Cl. The molecule has 6 heteroatoms. The molecular formula is C10H10ClF4N. The molecule has 16 heavy (non-hydrogen) atoms. The number of hydrogen-bond donors (Lipinski definition) is 1. The van der Waals surface area contributed by atoms with Crippen LogP contribution in [0.2, 0.25) is 5.02 Å². The summed E-state index contributed by atoms with van der Waals surface area (Å²) < 4.78 is 50.5. The summed E-state index contributed by atoms with van der Waals surface area (Å²) in [7, 11) is 0. The van der Waals surface area contributed by atoms with Crippen molar-refractivity contribution in [2.24, 2.45) is 5.73 Å². The van der Waals surface area contributed by atoms with Crippen LogP contribution in [0.5, 0.6) is 0 Å². The zero-order chi connectivity index (χ0) is 12.3. The molecule has 0 bridgehead atoms. The summed E-state index contributed by atoms with van der Waals surface area (Å²) in [6, 6.07) is 2.59. The van der Waals surface area contributed by atoms with Gasteiger partial charge < -0.3 is 5.73 Å². The second-order valence-corrected chi connectivity index (χ2v) is 3.69. The first-order valence-electron chi connectivity index (χ1n) is 4.57. The molecule has 0 aliphatic heterocycles. The minimum Gasteiger partial charge on any atom is -0.330 e. The highest BCUT2D eigenvalue weighted by atomic mass is 35.5. The van der Waals surface area contributed by atoms with E-state index in [0.717, 1.165) is 18.2 Å². The Hall–Kier alpha value is -0.810. The molecule has 0 spiro atoms. The van der Waals surface area contributed by atoms with Crippen LogP contribution in [-0.2, 0) is 6.18 Å². The van der Waals surface area contributed by atoms with Gasteiger partial charge in [0.25, 0.3) is 0 Å². The van der Waals surface area contributed by atoms with Crippen molar-refractivity contribution in [3.63, 3.8) is 0 Å². The molecule has 90 valence electrons. The van der Waals surface area contributed by atoms with Crippen LogP contribution in [0.15, 0.2) is 18.2 Å². The minimum absolute atomic E-state index is 0.0195. The Labute approximate surface area is 95.2 Å². The first-order chi connectivity index (χ1) is 7.36. The first-order valence-corrected chi connectivity index (χ1v) is 4.95. The van der Waals surface area contributed by atoms with Gasteiger partial charge in [0.05, 0.1) is 5.56 Å². The summed E-state index contributed by atoms with van der Waals surface area (Å²) in [5.41, 5.74) is 4.06. The zero-order valence-electron chi connectivity index (χ0n) is 8.19. The second-order valence-electron chi connectivity index (χ2n) is 3.28. The van der Waals surface area contributed by atoms with Gasteiger partial charge >= 0.3 is 6.18 Å². The molecule has 0 aromatic heterocycles. The fraction of sp³-hybridized carbons (Fsp3) is 0.400. The van der Waals surface area contributed by atoms with E-state index >= 15 is 0 Å². The summed E-state index contributed by atoms with van der Waals surface area (Å²) in [6.07, 6.45) is -6.12. The molecule has 1 nitrogen and oxygen atoms in total. The highest BCUT2D eigenvalue weighted by molar-refractivity contribution is 6.31. The Balaban J connectivity index is 3.09. The van der Waals surface area contributed by atoms with Crippen molar-refractivity contribution in [2.75, 3.05) is 6.54 Å². The number of alkyl halides is 4. The van der Waals surface area contributed by atoms with Gasteiger partial charge in [-0.15, -0.1) is 0 Å². The number of hydrogen-bond acceptors (Lipinski definition) is 1. The van der Waals surface area contributed by atoms with Crippen molar-refractivity contribution >= 4 is 11.6 Å². The van der Waals surface area contributed by atoms with Crippen LogP contribution in [-0.4, -0.2) is 6.54 Å². The summed E-state index contributed by atoms with van der Waals surface area (Å²) in [6.45, 7) is 0.0493. The predicted octanol–water partition coefficient (Wildman–Crippen LogP) is 3.72. The van der Waals surface area contributed by atoms with Gasteiger partial charge in [-0.25, -0.2) is 4.39 Å². The maximum absolute atomic E-state index is 13.4. The quantitative estimate of drug-likeness (QED) is 0.819. The van der Waals surface area contributed by atoms with Crippen LogP contribution in [0.25, 0.3) is 0 Å². The molecular weight excluding hydrogens is 246 g/mol. The number of nitrogens with two attached hydrogens (primary N) is 1. The third kappa shape index (κ3) is 3.09. The molecule has 0 fully saturated rings. The van der Waals surface area contributed by atoms with Gasteiger partial charge in [0.2, 0.25) is 0 Å². The van der Waals surface area contributed by atoms with Crippen molar-refractivity contribution in [1.29, 1.82) is 0 Å². The molecule has 0 aliphatic rings. The highest BCUT2D eigenvalue weighted by Crippen LogP contribution is 2.35. The van der Waals surface area contributed by atoms with Crippen molar-refractivity contribution in [3.05, 3.63) is 34.3 Å². The molecule has 0 amide bonds. The molecule has 0 radical (unpaired) electrons. The van der Waals surface area contributed by atoms with Gasteiger partial charge in [0.15, 0.2) is 0 Å². The molecule has 1 aromatic carbocycles. The monoisotopic (exact) mass is 255 g/mol. The van der Waals surface area contributed by atoms with E-state index in [1.165, 1.54) is 0 Å². The van der Waals surface area contributed by atoms with E-state index in [0.29, 0.717) is 0 Å². The summed E-state index contributed by atoms with van der Waals surface area (Å²) >= 11 is 5.63. The summed E-state index contributed by atoms with van der Waals surface area (Å²) in [5, 5.41) is -0.0195. The predicted molar refractivity (Wildman–Crippen MR) is 54.0 cm³/mol. The lowest BCUT2D eigenvalue weighted by atomic mass is 10.0. The van der Waals surface area contributed by atoms with Crippen LogP contribution < -0.4 is 5.73 Å². The summed E-state index contributed by atoms with van der Waals surface area (Å²) in [4.78, 5) is 0. The van der Waals surface area contributed by atoms with E-state index in [2.05, 4.69) is 0 Å². The van der Waals surface area contributed by atoms with Crippen molar-refractivity contribution in [3.8, 4) is 0 Å². The van der Waals surface area contributed by atoms with Crippen LogP contribution >= 0.6 is 11.6 Å². The Morgan fingerprint density at radius 2 is 1.94 bits per heavy atom. The van der Waals surface area contributed by atoms with Crippen molar-refractivity contribution in [2.45, 2.75) is 18.8 Å². The van der Waals surface area contributed by atoms with E-state index in [1.807, 2.05) is 0 Å². The topological polar surface area (TPSA) is 26.0 Å². The van der Waals surface area contributed by atoms with E-state index < -0.39 is 17.9 Å². The second kappa shape index (κ2) is 5.01. The van der Waals surface area contributed by atoms with E-state index in [-0.39, 0.29) is 23.6 Å². The third-order valence-electron chi connectivity index (χ3n) is 2.08. The Bertz CT molecular complexity index is 364. The summed E-state index contributed by atoms with van der Waals surface area (Å²) in [5.74, 6) is 0. The number of benzene rings is 1. The fourth-order valence-corrected chi connectivity index (χ4v) is 1.50. The molecule has 2 N–H and O–H groups in total. The van der Waals surface area contributed by atoms with Gasteiger partial charge in [-0.2, -0.15) is 13.2 Å². The first kappa shape index (κ1) is 13.3. The zero-order valence-corrected chi connectivity index (χ0v) is 8.95. The van der Waals surface area contributed by atoms with E-state index in [9.17, 15) is 17.6 Å². The average Bonchev–Trinajstić information content (AvgIpc) is 2.16. The third-order valence-corrected chi connectivity index (χ3v) is 2.43. The minimum atomic E-state index is -4.50. The molecule has 1 unspecified atom stereocenters. The van der Waals surface area contributed by atoms with Crippen LogP contribution in [0.4, 0.5) is 17.6 Å². The Morgan fingerprint density at radius 1 is 1.31 bits per heavy atom. The molecule has 0 aliphatic carbocycles. The molecule has 1 rings (SSSR count). The number of rotatable bonds is 3. The molecule has 0 saturated heterocycles. The Kier molecular flexibility index (Phi) is 4.15. The number of halogens is 5. The van der Waals surface area contributed by atoms with E-state index in [4.69, 9.17) is 17.3 Å². The molecule has 0 heterocycles. The lowest BCUT2D eigenvalue weighted by molar-refractivity contribution is -0.137. The molecule has 0 saturated carbocycles. The lowest BCUT2D eigenvalue weighted by Gasteiger charge is -2.13. The fourth-order valence-electron chi connectivity index (χ4n) is 1.26. The van der Waals surface area contributed by atoms with Gasteiger partial charge in [-0.3, -0.25) is 0 Å². The maximum atomic E-state index is 13.4. The maximum Gasteiger partial charge on any atom is 0.416 e. The van der Waals surface area contributed by atoms with Crippen molar-refractivity contribution < 1.29 is 17.6 Å². The standard InChI is InChI=1S/C10H10ClF4N/c11-8-2-1-6(10(13,14)15)5-7(8)9(12)3-4-16/h1-2,5,9H,3-4,16H2. The van der Waals surface area contributed by atoms with Crippen LogP contribution in [0, 0.1) is 0 Å². The average molecular weight is 256 g/mol. The Morgan fingerprint density at radius 3 is 2.44 bits per heavy atom.